The number of carbonyl (C=O) groups excluding carboxylic acids is 1. The van der Waals surface area contributed by atoms with Crippen molar-refractivity contribution < 1.29 is 4.79 Å². The molecular formula is C10H18O. The van der Waals surface area contributed by atoms with Gasteiger partial charge in [0.1, 0.15) is 5.78 Å². The van der Waals surface area contributed by atoms with E-state index in [1.807, 2.05) is 0 Å². The highest BCUT2D eigenvalue weighted by Gasteiger charge is 2.26. The minimum Gasteiger partial charge on any atom is -0.299 e. The predicted octanol–water partition coefficient (Wildman–Crippen LogP) is 2.79. The molecule has 0 aliphatic heterocycles. The Kier molecular flexibility index (Phi) is 3.10. The summed E-state index contributed by atoms with van der Waals surface area (Å²) in [6.07, 6.45) is 5.39. The molecule has 1 fully saturated rings. The van der Waals surface area contributed by atoms with Crippen LogP contribution in [0.5, 0.6) is 0 Å². The summed E-state index contributed by atoms with van der Waals surface area (Å²) in [5.41, 5.74) is 0. The smallest absolute Gasteiger partial charge is 0.135 e. The maximum absolute atomic E-state index is 11.4. The number of rotatable bonds is 3. The number of hydrogen-bond acceptors (Lipinski definition) is 1. The van der Waals surface area contributed by atoms with E-state index in [-0.39, 0.29) is 0 Å². The van der Waals surface area contributed by atoms with Crippen molar-refractivity contribution in [1.29, 1.82) is 0 Å². The van der Waals surface area contributed by atoms with E-state index in [1.54, 1.807) is 0 Å². The van der Waals surface area contributed by atoms with Gasteiger partial charge in [0.2, 0.25) is 0 Å². The summed E-state index contributed by atoms with van der Waals surface area (Å²) >= 11 is 0. The van der Waals surface area contributed by atoms with E-state index in [0.717, 1.165) is 31.6 Å². The summed E-state index contributed by atoms with van der Waals surface area (Å²) in [5, 5.41) is 0. The van der Waals surface area contributed by atoms with Gasteiger partial charge >= 0.3 is 0 Å². The molecule has 0 N–H and O–H groups in total. The van der Waals surface area contributed by atoms with Gasteiger partial charge < -0.3 is 0 Å². The molecule has 0 spiro atoms. The summed E-state index contributed by atoms with van der Waals surface area (Å²) in [4.78, 5) is 11.4. The topological polar surface area (TPSA) is 17.1 Å². The Labute approximate surface area is 69.2 Å². The summed E-state index contributed by atoms with van der Waals surface area (Å²) in [6.45, 7) is 4.33. The molecule has 0 aromatic rings. The van der Waals surface area contributed by atoms with Gasteiger partial charge in [-0.05, 0) is 31.6 Å². The Hall–Kier alpha value is -0.330. The van der Waals surface area contributed by atoms with Gasteiger partial charge in [-0.3, -0.25) is 4.79 Å². The Morgan fingerprint density at radius 3 is 2.64 bits per heavy atom. The van der Waals surface area contributed by atoms with Crippen molar-refractivity contribution in [2.24, 2.45) is 11.8 Å². The van der Waals surface area contributed by atoms with Crippen molar-refractivity contribution in [2.75, 3.05) is 0 Å². The van der Waals surface area contributed by atoms with Crippen LogP contribution in [0.15, 0.2) is 0 Å². The van der Waals surface area contributed by atoms with Crippen molar-refractivity contribution in [3.63, 3.8) is 0 Å². The summed E-state index contributed by atoms with van der Waals surface area (Å²) < 4.78 is 0. The van der Waals surface area contributed by atoms with Crippen molar-refractivity contribution >= 4 is 5.78 Å². The van der Waals surface area contributed by atoms with Crippen molar-refractivity contribution in [3.8, 4) is 0 Å². The molecule has 0 heterocycles. The molecule has 0 saturated heterocycles. The van der Waals surface area contributed by atoms with Gasteiger partial charge in [-0.25, -0.2) is 0 Å². The third-order valence-corrected chi connectivity index (χ3v) is 2.65. The number of hydrogen-bond donors (Lipinski definition) is 0. The monoisotopic (exact) mass is 154 g/mol. The van der Waals surface area contributed by atoms with Crippen molar-refractivity contribution in [2.45, 2.75) is 46.0 Å². The van der Waals surface area contributed by atoms with E-state index >= 15 is 0 Å². The fourth-order valence-electron chi connectivity index (χ4n) is 1.95. The molecule has 2 unspecified atom stereocenters. The largest absolute Gasteiger partial charge is 0.299 e. The standard InChI is InChI=1S/C10H18O/c1-3-4-10(11)9-6-5-8(2)7-9/h8-9H,3-7H2,1-2H3. The molecule has 1 rings (SSSR count). The van der Waals surface area contributed by atoms with Crippen LogP contribution < -0.4 is 0 Å². The van der Waals surface area contributed by atoms with Crippen molar-refractivity contribution in [3.05, 3.63) is 0 Å². The maximum atomic E-state index is 11.4. The third kappa shape index (κ3) is 2.32. The number of carbonyl (C=O) groups is 1. The molecule has 1 nitrogen and oxygen atoms in total. The molecule has 0 aromatic heterocycles. The predicted molar refractivity (Wildman–Crippen MR) is 46.4 cm³/mol. The highest BCUT2D eigenvalue weighted by atomic mass is 16.1. The molecule has 1 saturated carbocycles. The average Bonchev–Trinajstić information content (AvgIpc) is 2.36. The fraction of sp³-hybridized carbons (Fsp3) is 0.900. The molecule has 0 bridgehead atoms. The second-order valence-electron chi connectivity index (χ2n) is 3.83. The molecule has 1 aliphatic rings. The third-order valence-electron chi connectivity index (χ3n) is 2.65. The van der Waals surface area contributed by atoms with Crippen molar-refractivity contribution in [1.82, 2.24) is 0 Å². The van der Waals surface area contributed by atoms with E-state index < -0.39 is 0 Å². The van der Waals surface area contributed by atoms with Crippen LogP contribution in [0.1, 0.15) is 46.0 Å². The Morgan fingerprint density at radius 1 is 1.45 bits per heavy atom. The van der Waals surface area contributed by atoms with Crippen LogP contribution in [0.4, 0.5) is 0 Å². The van der Waals surface area contributed by atoms with Gasteiger partial charge in [-0.1, -0.05) is 13.8 Å². The maximum Gasteiger partial charge on any atom is 0.135 e. The van der Waals surface area contributed by atoms with Gasteiger partial charge in [0.05, 0.1) is 0 Å². The fourth-order valence-corrected chi connectivity index (χ4v) is 1.95. The van der Waals surface area contributed by atoms with Gasteiger partial charge in [0.25, 0.3) is 0 Å². The molecule has 64 valence electrons. The summed E-state index contributed by atoms with van der Waals surface area (Å²) in [7, 11) is 0. The van der Waals surface area contributed by atoms with Crippen LogP contribution in [0.25, 0.3) is 0 Å². The molecule has 1 aliphatic carbocycles. The first-order valence-electron chi connectivity index (χ1n) is 4.76. The zero-order valence-electron chi connectivity index (χ0n) is 7.60. The van der Waals surface area contributed by atoms with Gasteiger partial charge in [-0.2, -0.15) is 0 Å². The van der Waals surface area contributed by atoms with Gasteiger partial charge in [0.15, 0.2) is 0 Å². The zero-order valence-corrected chi connectivity index (χ0v) is 7.60. The normalized spacial score (nSPS) is 30.7. The Morgan fingerprint density at radius 2 is 2.18 bits per heavy atom. The molecule has 1 heteroatoms. The van der Waals surface area contributed by atoms with Gasteiger partial charge in [-0.15, -0.1) is 0 Å². The summed E-state index contributed by atoms with van der Waals surface area (Å²) in [5.74, 6) is 1.72. The lowest BCUT2D eigenvalue weighted by Crippen LogP contribution is -2.10. The van der Waals surface area contributed by atoms with E-state index in [0.29, 0.717) is 11.7 Å². The average molecular weight is 154 g/mol. The van der Waals surface area contributed by atoms with Crippen LogP contribution in [0.2, 0.25) is 0 Å². The second kappa shape index (κ2) is 3.89. The molecule has 11 heavy (non-hydrogen) atoms. The lowest BCUT2D eigenvalue weighted by atomic mass is 9.98. The first-order chi connectivity index (χ1) is 5.24. The first kappa shape index (κ1) is 8.76. The lowest BCUT2D eigenvalue weighted by Gasteiger charge is -2.06. The minimum atomic E-state index is 0.421. The first-order valence-corrected chi connectivity index (χ1v) is 4.76. The van der Waals surface area contributed by atoms with E-state index in [2.05, 4.69) is 13.8 Å². The lowest BCUT2D eigenvalue weighted by molar-refractivity contribution is -0.122. The van der Waals surface area contributed by atoms with Crippen LogP contribution in [0.3, 0.4) is 0 Å². The summed E-state index contributed by atoms with van der Waals surface area (Å²) in [6, 6.07) is 0. The molecular weight excluding hydrogens is 136 g/mol. The van der Waals surface area contributed by atoms with Crippen LogP contribution in [0, 0.1) is 11.8 Å². The van der Waals surface area contributed by atoms with Crippen LogP contribution in [-0.4, -0.2) is 5.78 Å². The number of Topliss-reactive ketones (excluding diaryl/α,β-unsaturated/α-hetero) is 1. The highest BCUT2D eigenvalue weighted by Crippen LogP contribution is 2.31. The van der Waals surface area contributed by atoms with Gasteiger partial charge in [0, 0.05) is 12.3 Å². The van der Waals surface area contributed by atoms with Crippen LogP contribution >= 0.6 is 0 Å². The van der Waals surface area contributed by atoms with E-state index in [1.165, 1.54) is 6.42 Å². The van der Waals surface area contributed by atoms with E-state index in [4.69, 9.17) is 0 Å². The highest BCUT2D eigenvalue weighted by molar-refractivity contribution is 5.81. The molecule has 0 aromatic carbocycles. The minimum absolute atomic E-state index is 0.421. The Bertz CT molecular complexity index is 140. The molecule has 2 atom stereocenters. The van der Waals surface area contributed by atoms with Crippen LogP contribution in [-0.2, 0) is 4.79 Å². The SMILES string of the molecule is CCCC(=O)C1CCC(C)C1. The quantitative estimate of drug-likeness (QED) is 0.611. The molecule has 0 amide bonds. The van der Waals surface area contributed by atoms with E-state index in [9.17, 15) is 4.79 Å². The number of ketones is 1. The zero-order chi connectivity index (χ0) is 8.27. The second-order valence-corrected chi connectivity index (χ2v) is 3.83. The Balaban J connectivity index is 2.31. The molecule has 0 radical (unpaired) electrons.